The van der Waals surface area contributed by atoms with E-state index in [1.54, 1.807) is 0 Å². The summed E-state index contributed by atoms with van der Waals surface area (Å²) in [5.74, 6) is -2.00. The number of ether oxygens (including phenoxy) is 4. The van der Waals surface area contributed by atoms with E-state index in [4.69, 9.17) is 18.9 Å². The van der Waals surface area contributed by atoms with Gasteiger partial charge in [-0.3, -0.25) is 9.59 Å². The van der Waals surface area contributed by atoms with Crippen LogP contribution in [-0.4, -0.2) is 87.4 Å². The molecule has 0 aromatic carbocycles. The van der Waals surface area contributed by atoms with Crippen molar-refractivity contribution in [2.75, 3.05) is 47.5 Å². The molecular formula is C82H140NO8+. The monoisotopic (exact) mass is 1270 g/mol. The second-order valence-corrected chi connectivity index (χ2v) is 25.8. The third-order valence-corrected chi connectivity index (χ3v) is 15.9. The molecule has 9 heteroatoms. The molecule has 0 aliphatic rings. The summed E-state index contributed by atoms with van der Waals surface area (Å²) in [6.07, 6.45) is 100. The van der Waals surface area contributed by atoms with Gasteiger partial charge in [0.25, 0.3) is 6.29 Å². The molecule has 0 aromatic rings. The summed E-state index contributed by atoms with van der Waals surface area (Å²) in [7, 11) is 5.98. The molecule has 0 heterocycles. The van der Waals surface area contributed by atoms with Crippen LogP contribution in [0.2, 0.25) is 0 Å². The lowest BCUT2D eigenvalue weighted by atomic mass is 10.0. The Kier molecular flexibility index (Phi) is 67.7. The van der Waals surface area contributed by atoms with Crippen LogP contribution in [-0.2, 0) is 33.3 Å². The van der Waals surface area contributed by atoms with Gasteiger partial charge in [-0.1, -0.05) is 321 Å². The van der Waals surface area contributed by atoms with E-state index in [1.165, 1.54) is 173 Å². The van der Waals surface area contributed by atoms with Gasteiger partial charge < -0.3 is 28.5 Å². The number of carboxylic acid groups (broad SMARTS) is 1. The maximum atomic E-state index is 13.0. The number of quaternary nitrogens is 1. The van der Waals surface area contributed by atoms with E-state index in [-0.39, 0.29) is 32.2 Å². The molecule has 0 aliphatic carbocycles. The highest BCUT2D eigenvalue weighted by atomic mass is 16.7. The Bertz CT molecular complexity index is 1960. The lowest BCUT2D eigenvalue weighted by molar-refractivity contribution is -0.870. The van der Waals surface area contributed by atoms with Gasteiger partial charge in [0.2, 0.25) is 0 Å². The molecule has 0 bridgehead atoms. The molecule has 0 spiro atoms. The van der Waals surface area contributed by atoms with E-state index in [1.807, 2.05) is 21.1 Å². The largest absolute Gasteiger partial charge is 0.477 e. The molecule has 0 saturated heterocycles. The van der Waals surface area contributed by atoms with Crippen molar-refractivity contribution in [2.24, 2.45) is 0 Å². The molecule has 2 atom stereocenters. The molecule has 0 aromatic heterocycles. The molecule has 9 nitrogen and oxygen atoms in total. The van der Waals surface area contributed by atoms with Gasteiger partial charge in [-0.05, 0) is 109 Å². The normalized spacial score (nSPS) is 13.5. The molecular weight excluding hydrogens is 1130 g/mol. The lowest BCUT2D eigenvalue weighted by Gasteiger charge is -2.25. The Balaban J connectivity index is 4.08. The number of esters is 2. The van der Waals surface area contributed by atoms with Gasteiger partial charge in [0.05, 0.1) is 34.4 Å². The first-order chi connectivity index (χ1) is 44.6. The van der Waals surface area contributed by atoms with Gasteiger partial charge in [-0.15, -0.1) is 0 Å². The summed E-state index contributed by atoms with van der Waals surface area (Å²) in [4.78, 5) is 37.7. The number of carbonyl (C=O) groups is 3. The molecule has 520 valence electrons. The van der Waals surface area contributed by atoms with Crippen LogP contribution in [0.15, 0.2) is 134 Å². The number of nitrogens with zero attached hydrogens (tertiary/aromatic N) is 1. The van der Waals surface area contributed by atoms with Crippen LogP contribution in [0.4, 0.5) is 0 Å². The molecule has 0 radical (unpaired) electrons. The number of allylic oxidation sites excluding steroid dienone is 22. The van der Waals surface area contributed by atoms with Crippen molar-refractivity contribution in [1.82, 2.24) is 0 Å². The molecule has 91 heavy (non-hydrogen) atoms. The van der Waals surface area contributed by atoms with E-state index >= 15 is 0 Å². The van der Waals surface area contributed by atoms with Crippen molar-refractivity contribution in [3.05, 3.63) is 134 Å². The van der Waals surface area contributed by atoms with E-state index in [0.29, 0.717) is 17.4 Å². The number of rotatable bonds is 68. The first-order valence-corrected chi connectivity index (χ1v) is 37.3. The molecule has 0 amide bonds. The third-order valence-electron chi connectivity index (χ3n) is 15.9. The van der Waals surface area contributed by atoms with E-state index in [2.05, 4.69) is 148 Å². The first kappa shape index (κ1) is 86.4. The third kappa shape index (κ3) is 72.7. The number of carboxylic acids is 1. The van der Waals surface area contributed by atoms with Crippen LogP contribution >= 0.6 is 0 Å². The maximum absolute atomic E-state index is 13.0. The second kappa shape index (κ2) is 71.3. The fourth-order valence-electron chi connectivity index (χ4n) is 10.3. The number of aliphatic carboxylic acids is 1. The highest BCUT2D eigenvalue weighted by Crippen LogP contribution is 2.18. The Morgan fingerprint density at radius 3 is 0.879 bits per heavy atom. The predicted molar refractivity (Wildman–Crippen MR) is 391 cm³/mol. The van der Waals surface area contributed by atoms with Gasteiger partial charge in [0, 0.05) is 12.8 Å². The average molecular weight is 1270 g/mol. The topological polar surface area (TPSA) is 108 Å². The number of hydrogen-bond acceptors (Lipinski definition) is 7. The van der Waals surface area contributed by atoms with Crippen LogP contribution in [0.3, 0.4) is 0 Å². The Morgan fingerprint density at radius 1 is 0.330 bits per heavy atom. The predicted octanol–water partition coefficient (Wildman–Crippen LogP) is 23.7. The maximum Gasteiger partial charge on any atom is 0.361 e. The van der Waals surface area contributed by atoms with Gasteiger partial charge >= 0.3 is 17.9 Å². The van der Waals surface area contributed by atoms with Crippen LogP contribution in [0.25, 0.3) is 0 Å². The van der Waals surface area contributed by atoms with Gasteiger partial charge in [0.1, 0.15) is 13.2 Å². The summed E-state index contributed by atoms with van der Waals surface area (Å²) in [5.41, 5.74) is 0. The summed E-state index contributed by atoms with van der Waals surface area (Å²) < 4.78 is 23.0. The average Bonchev–Trinajstić information content (AvgIpc) is 3.46. The Labute approximate surface area is 560 Å². The van der Waals surface area contributed by atoms with Gasteiger partial charge in [-0.25, -0.2) is 4.79 Å². The van der Waals surface area contributed by atoms with E-state index in [0.717, 1.165) is 109 Å². The molecule has 0 saturated carbocycles. The quantitative estimate of drug-likeness (QED) is 0.0211. The summed E-state index contributed by atoms with van der Waals surface area (Å²) in [6.45, 7) is 4.67. The fourth-order valence-corrected chi connectivity index (χ4v) is 10.3. The van der Waals surface area contributed by atoms with Crippen LogP contribution in [0.1, 0.15) is 309 Å². The van der Waals surface area contributed by atoms with Gasteiger partial charge in [-0.2, -0.15) is 0 Å². The first-order valence-electron chi connectivity index (χ1n) is 37.3. The number of unbranched alkanes of at least 4 members (excludes halogenated alkanes) is 31. The SMILES string of the molecule is CC/C=C\C/C=C\C/C=C\C/C=C\C/C=C\C/C=C\CCCCCCCCCCCCCCCCCCC(=O)OC(COC(=O)CCCCCCCCCCCCCCCCC/C=C\C/C=C\C/C=C\C/C=C\C/C=C\CC)COC(OCC[N+](C)(C)C)C(=O)O. The molecule has 2 unspecified atom stereocenters. The van der Waals surface area contributed by atoms with Crippen LogP contribution < -0.4 is 0 Å². The minimum atomic E-state index is -1.52. The standard InChI is InChI=1S/C82H139NO8/c1-6-8-10-12-14-16-18-20-22-24-26-28-30-32-34-36-38-39-40-41-43-45-47-49-51-53-55-57-59-61-63-65-67-69-71-73-80(85)91-78(77-90-82(81(86)87)88-75-74-83(3,4)5)76-89-79(84)72-70-68-66-64-62-60-58-56-54-52-50-48-46-44-42-37-35-33-31-29-27-25-23-21-19-17-15-13-11-9-7-2/h8-11,14-17,20-23,26-29,32-35,38-39,78,82H,6-7,12-13,18-19,24-25,30-31,36-37,40-77H2,1-5H3/p+1/b10-8-,11-9-,16-14-,17-15-,22-20-,23-21-,28-26-,29-27-,34-32-,35-33-,39-38-. The molecule has 1 N–H and O–H groups in total. The number of likely N-dealkylation sites (N-methyl/N-ethyl adjacent to an activating group) is 1. The molecule has 0 fully saturated rings. The van der Waals surface area contributed by atoms with Crippen molar-refractivity contribution in [1.29, 1.82) is 0 Å². The Hall–Kier alpha value is -4.57. The molecule has 0 rings (SSSR count). The fraction of sp³-hybridized carbons (Fsp3) is 0.695. The second-order valence-electron chi connectivity index (χ2n) is 25.8. The minimum Gasteiger partial charge on any atom is -0.477 e. The highest BCUT2D eigenvalue weighted by molar-refractivity contribution is 5.71. The summed E-state index contributed by atoms with van der Waals surface area (Å²) >= 11 is 0. The zero-order valence-electron chi connectivity index (χ0n) is 59.5. The highest BCUT2D eigenvalue weighted by Gasteiger charge is 2.25. The van der Waals surface area contributed by atoms with Crippen LogP contribution in [0, 0.1) is 0 Å². The van der Waals surface area contributed by atoms with Crippen LogP contribution in [0.5, 0.6) is 0 Å². The van der Waals surface area contributed by atoms with Crippen molar-refractivity contribution >= 4 is 17.9 Å². The molecule has 0 aliphatic heterocycles. The smallest absolute Gasteiger partial charge is 0.361 e. The van der Waals surface area contributed by atoms with E-state index in [9.17, 15) is 19.5 Å². The number of hydrogen-bond donors (Lipinski definition) is 1. The Morgan fingerprint density at radius 2 is 0.593 bits per heavy atom. The van der Waals surface area contributed by atoms with Crippen molar-refractivity contribution in [3.63, 3.8) is 0 Å². The van der Waals surface area contributed by atoms with Crippen molar-refractivity contribution in [2.45, 2.75) is 322 Å². The van der Waals surface area contributed by atoms with Gasteiger partial charge in [0.15, 0.2) is 6.10 Å². The van der Waals surface area contributed by atoms with Crippen molar-refractivity contribution in [3.8, 4) is 0 Å². The lowest BCUT2D eigenvalue weighted by Crippen LogP contribution is -2.40. The number of carbonyl (C=O) groups excluding carboxylic acids is 2. The van der Waals surface area contributed by atoms with E-state index < -0.39 is 24.3 Å². The zero-order chi connectivity index (χ0) is 66.1. The zero-order valence-corrected chi connectivity index (χ0v) is 59.5. The summed E-state index contributed by atoms with van der Waals surface area (Å²) in [5, 5.41) is 9.76. The minimum absolute atomic E-state index is 0.184. The summed E-state index contributed by atoms with van der Waals surface area (Å²) in [6, 6.07) is 0. The van der Waals surface area contributed by atoms with Crippen molar-refractivity contribution < 1.29 is 42.9 Å².